The van der Waals surface area contributed by atoms with E-state index >= 15 is 0 Å². The highest BCUT2D eigenvalue weighted by atomic mass is 15.1. The quantitative estimate of drug-likeness (QED) is 0.199. The molecule has 216 valence electrons. The van der Waals surface area contributed by atoms with Gasteiger partial charge in [0, 0.05) is 11.3 Å². The number of hydrogen-bond acceptors (Lipinski definition) is 1. The number of aromatic nitrogens is 2. The van der Waals surface area contributed by atoms with Crippen molar-refractivity contribution >= 4 is 45.1 Å². The Hall–Kier alpha value is -5.47. The molecule has 45 heavy (non-hydrogen) atoms. The second-order valence-electron chi connectivity index (χ2n) is 11.7. The molecular weight excluding hydrogens is 544 g/mol. The third-order valence-corrected chi connectivity index (χ3v) is 9.04. The fourth-order valence-corrected chi connectivity index (χ4v) is 6.86. The molecule has 1 heterocycles. The normalized spacial score (nSPS) is 14.2. The molecular formula is C43H34N2. The standard InChI is InChI=1S/C43H34N2/c1-2-30-24-26-32(27-25-30)42-36-19-8-4-7-18-35(36)41(37-20-9-10-21-38(37)42)31-14-13-15-33(29-28-31)43-44-39-22-11-12-23-40(39)45(43)34-16-5-3-6-17-34/h3,5-13,15-29H,2,4,14H2,1H3. The molecule has 0 bridgehead atoms. The van der Waals surface area contributed by atoms with Crippen LogP contribution in [0.3, 0.4) is 0 Å². The highest BCUT2D eigenvalue weighted by Gasteiger charge is 2.21. The third-order valence-electron chi connectivity index (χ3n) is 9.04. The molecule has 2 nitrogen and oxygen atoms in total. The predicted molar refractivity (Wildman–Crippen MR) is 192 cm³/mol. The zero-order valence-corrected chi connectivity index (χ0v) is 25.4. The van der Waals surface area contributed by atoms with Crippen LogP contribution < -0.4 is 0 Å². The van der Waals surface area contributed by atoms with Crippen LogP contribution in [0.1, 0.15) is 47.8 Å². The van der Waals surface area contributed by atoms with Gasteiger partial charge in [0.05, 0.1) is 11.0 Å². The second-order valence-corrected chi connectivity index (χ2v) is 11.7. The molecule has 1 aromatic heterocycles. The summed E-state index contributed by atoms with van der Waals surface area (Å²) in [6, 6.07) is 37.0. The van der Waals surface area contributed by atoms with Crippen molar-refractivity contribution in [2.45, 2.75) is 26.2 Å². The molecule has 0 fully saturated rings. The van der Waals surface area contributed by atoms with Gasteiger partial charge in [-0.15, -0.1) is 0 Å². The van der Waals surface area contributed by atoms with Crippen molar-refractivity contribution in [3.63, 3.8) is 0 Å². The van der Waals surface area contributed by atoms with Crippen LogP contribution >= 0.6 is 0 Å². The Kier molecular flexibility index (Phi) is 6.96. The summed E-state index contributed by atoms with van der Waals surface area (Å²) >= 11 is 0. The maximum atomic E-state index is 5.14. The smallest absolute Gasteiger partial charge is 0.145 e. The summed E-state index contributed by atoms with van der Waals surface area (Å²) in [4.78, 5) is 5.14. The van der Waals surface area contributed by atoms with Crippen LogP contribution in [0.2, 0.25) is 0 Å². The van der Waals surface area contributed by atoms with Gasteiger partial charge in [-0.25, -0.2) is 4.98 Å². The van der Waals surface area contributed by atoms with Crippen LogP contribution in [0.5, 0.6) is 0 Å². The largest absolute Gasteiger partial charge is 0.292 e. The lowest BCUT2D eigenvalue weighted by Crippen LogP contribution is -1.99. The molecule has 8 rings (SSSR count). The number of benzene rings is 5. The lowest BCUT2D eigenvalue weighted by atomic mass is 9.82. The molecule has 0 saturated carbocycles. The fourth-order valence-electron chi connectivity index (χ4n) is 6.86. The first-order chi connectivity index (χ1) is 22.3. The highest BCUT2D eigenvalue weighted by molar-refractivity contribution is 6.10. The van der Waals surface area contributed by atoms with Crippen LogP contribution in [0.15, 0.2) is 140 Å². The van der Waals surface area contributed by atoms with Crippen LogP contribution in [0, 0.1) is 0 Å². The molecule has 5 aromatic carbocycles. The molecule has 0 N–H and O–H groups in total. The van der Waals surface area contributed by atoms with Crippen molar-refractivity contribution in [3.8, 4) is 16.8 Å². The topological polar surface area (TPSA) is 17.8 Å². The number of rotatable bonds is 5. The van der Waals surface area contributed by atoms with Gasteiger partial charge in [0.1, 0.15) is 5.82 Å². The van der Waals surface area contributed by atoms with E-state index in [-0.39, 0.29) is 0 Å². The Morgan fingerprint density at radius 2 is 1.33 bits per heavy atom. The average molecular weight is 579 g/mol. The summed E-state index contributed by atoms with van der Waals surface area (Å²) in [5.41, 5.74) is 13.5. The van der Waals surface area contributed by atoms with Gasteiger partial charge in [0.25, 0.3) is 0 Å². The third kappa shape index (κ3) is 4.80. The van der Waals surface area contributed by atoms with Gasteiger partial charge < -0.3 is 0 Å². The lowest BCUT2D eigenvalue weighted by Gasteiger charge is -2.21. The zero-order valence-electron chi connectivity index (χ0n) is 25.4. The van der Waals surface area contributed by atoms with Crippen molar-refractivity contribution in [1.29, 1.82) is 0 Å². The van der Waals surface area contributed by atoms with Gasteiger partial charge in [-0.3, -0.25) is 4.57 Å². The Bertz CT molecular complexity index is 2220. The van der Waals surface area contributed by atoms with Gasteiger partial charge in [-0.1, -0.05) is 134 Å². The van der Waals surface area contributed by atoms with Gasteiger partial charge in [0.2, 0.25) is 0 Å². The predicted octanol–water partition coefficient (Wildman–Crippen LogP) is 11.3. The van der Waals surface area contributed by atoms with Gasteiger partial charge >= 0.3 is 0 Å². The summed E-state index contributed by atoms with van der Waals surface area (Å²) in [6.45, 7) is 2.21. The van der Waals surface area contributed by atoms with E-state index < -0.39 is 0 Å². The molecule has 0 saturated heterocycles. The number of aryl methyl sites for hydroxylation is 1. The number of allylic oxidation sites excluding steroid dienone is 8. The first-order valence-electron chi connectivity index (χ1n) is 15.9. The van der Waals surface area contributed by atoms with Crippen LogP contribution in [-0.2, 0) is 6.42 Å². The summed E-state index contributed by atoms with van der Waals surface area (Å²) in [5.74, 6) is 0.952. The second kappa shape index (κ2) is 11.6. The highest BCUT2D eigenvalue weighted by Crippen LogP contribution is 2.44. The first-order valence-corrected chi connectivity index (χ1v) is 15.9. The maximum absolute atomic E-state index is 5.14. The molecule has 2 heteroatoms. The molecule has 0 radical (unpaired) electrons. The SMILES string of the molecule is CCc1ccc(-c2c3c(c(C4=CC=C(c5nc6ccccc6n5-c5ccccc5)C=CC4)c4ccccc24)C=CCC=C3)cc1. The summed E-state index contributed by atoms with van der Waals surface area (Å²) in [6.07, 6.45) is 21.2. The van der Waals surface area contributed by atoms with E-state index in [9.17, 15) is 0 Å². The van der Waals surface area contributed by atoms with Crippen LogP contribution in [0.25, 0.3) is 61.9 Å². The van der Waals surface area contributed by atoms with Crippen molar-refractivity contribution in [2.75, 3.05) is 0 Å². The van der Waals surface area contributed by atoms with E-state index in [0.29, 0.717) is 0 Å². The number of hydrogen-bond donors (Lipinski definition) is 0. The van der Waals surface area contributed by atoms with Crippen molar-refractivity contribution in [2.24, 2.45) is 0 Å². The van der Waals surface area contributed by atoms with Gasteiger partial charge in [-0.05, 0) is 93.3 Å². The van der Waals surface area contributed by atoms with E-state index in [1.807, 2.05) is 0 Å². The molecule has 0 atom stereocenters. The van der Waals surface area contributed by atoms with E-state index in [1.165, 1.54) is 49.7 Å². The minimum Gasteiger partial charge on any atom is -0.292 e. The number of para-hydroxylation sites is 3. The minimum absolute atomic E-state index is 0.837. The monoisotopic (exact) mass is 578 g/mol. The molecule has 2 aliphatic rings. The Labute approximate surface area is 264 Å². The molecule has 0 aliphatic heterocycles. The minimum atomic E-state index is 0.837. The first kappa shape index (κ1) is 27.1. The lowest BCUT2D eigenvalue weighted by molar-refractivity contribution is 1.06. The van der Waals surface area contributed by atoms with Crippen molar-refractivity contribution in [1.82, 2.24) is 9.55 Å². The Morgan fingerprint density at radius 3 is 2.11 bits per heavy atom. The Morgan fingerprint density at radius 1 is 0.644 bits per heavy atom. The number of imidazole rings is 1. The van der Waals surface area contributed by atoms with E-state index in [0.717, 1.165) is 47.4 Å². The van der Waals surface area contributed by atoms with Crippen LogP contribution in [0.4, 0.5) is 0 Å². The average Bonchev–Trinajstić information content (AvgIpc) is 3.22. The van der Waals surface area contributed by atoms with Gasteiger partial charge in [-0.2, -0.15) is 0 Å². The van der Waals surface area contributed by atoms with Crippen molar-refractivity contribution in [3.05, 3.63) is 168 Å². The molecule has 0 unspecified atom stereocenters. The van der Waals surface area contributed by atoms with Crippen molar-refractivity contribution < 1.29 is 0 Å². The summed E-state index contributed by atoms with van der Waals surface area (Å²) < 4.78 is 2.28. The fraction of sp³-hybridized carbons (Fsp3) is 0.0930. The molecule has 0 spiro atoms. The molecule has 6 aromatic rings. The summed E-state index contributed by atoms with van der Waals surface area (Å²) in [5, 5.41) is 2.58. The Balaban J connectivity index is 1.34. The number of fused-ring (bicyclic) bond motifs is 3. The van der Waals surface area contributed by atoms with Gasteiger partial charge in [0.15, 0.2) is 0 Å². The maximum Gasteiger partial charge on any atom is 0.145 e. The molecule has 0 amide bonds. The van der Waals surface area contributed by atoms with E-state index in [4.69, 9.17) is 4.98 Å². The number of nitrogens with zero attached hydrogens (tertiary/aromatic N) is 2. The summed E-state index contributed by atoms with van der Waals surface area (Å²) in [7, 11) is 0. The zero-order chi connectivity index (χ0) is 30.2. The van der Waals surface area contributed by atoms with E-state index in [2.05, 4.69) is 163 Å². The van der Waals surface area contributed by atoms with E-state index in [1.54, 1.807) is 0 Å². The van der Waals surface area contributed by atoms with Crippen LogP contribution in [-0.4, -0.2) is 9.55 Å². The molecule has 2 aliphatic carbocycles.